The SMILES string of the molecule is O=C(O)COc1cccc2c1OC1CCC(OS(=O)(=O)c3ccc([N+](=O)[O-])cc3)C21. The summed E-state index contributed by atoms with van der Waals surface area (Å²) in [6.07, 6.45) is -0.00267. The number of nitro groups is 1. The number of hydrogen-bond acceptors (Lipinski definition) is 8. The summed E-state index contributed by atoms with van der Waals surface area (Å²) in [6, 6.07) is 9.53. The third-order valence-corrected chi connectivity index (χ3v) is 6.46. The molecule has 1 saturated carbocycles. The molecule has 2 aliphatic rings. The lowest BCUT2D eigenvalue weighted by Gasteiger charge is -2.18. The van der Waals surface area contributed by atoms with Crippen LogP contribution in [0, 0.1) is 10.1 Å². The molecule has 2 aromatic rings. The van der Waals surface area contributed by atoms with E-state index in [1.165, 1.54) is 0 Å². The molecular weight excluding hydrogens is 418 g/mol. The normalized spacial score (nSPS) is 22.1. The Morgan fingerprint density at radius 3 is 2.60 bits per heavy atom. The molecule has 1 N–H and O–H groups in total. The fourth-order valence-corrected chi connectivity index (χ4v) is 4.97. The van der Waals surface area contributed by atoms with Crippen LogP contribution in [0.25, 0.3) is 0 Å². The zero-order valence-corrected chi connectivity index (χ0v) is 16.3. The van der Waals surface area contributed by atoms with E-state index in [0.29, 0.717) is 24.2 Å². The van der Waals surface area contributed by atoms with E-state index in [4.69, 9.17) is 18.8 Å². The third-order valence-electron chi connectivity index (χ3n) is 5.11. The number of carboxylic acid groups (broad SMARTS) is 1. The van der Waals surface area contributed by atoms with E-state index in [1.807, 2.05) is 0 Å². The second kappa shape index (κ2) is 7.58. The van der Waals surface area contributed by atoms with Gasteiger partial charge in [0.1, 0.15) is 6.10 Å². The minimum absolute atomic E-state index is 0.172. The van der Waals surface area contributed by atoms with Crippen LogP contribution in [0.4, 0.5) is 5.69 Å². The largest absolute Gasteiger partial charge is 0.485 e. The van der Waals surface area contributed by atoms with Gasteiger partial charge in [0.2, 0.25) is 0 Å². The van der Waals surface area contributed by atoms with Crippen molar-refractivity contribution in [2.75, 3.05) is 6.61 Å². The van der Waals surface area contributed by atoms with E-state index >= 15 is 0 Å². The minimum atomic E-state index is -4.15. The highest BCUT2D eigenvalue weighted by molar-refractivity contribution is 7.86. The van der Waals surface area contributed by atoms with Gasteiger partial charge in [-0.25, -0.2) is 4.79 Å². The topological polar surface area (TPSA) is 142 Å². The van der Waals surface area contributed by atoms with Gasteiger partial charge >= 0.3 is 5.97 Å². The molecule has 0 amide bonds. The molecule has 158 valence electrons. The number of nitrogens with zero attached hydrogens (tertiary/aromatic N) is 1. The predicted octanol–water partition coefficient (Wildman–Crippen LogP) is 2.47. The lowest BCUT2D eigenvalue weighted by atomic mass is 9.95. The second-order valence-electron chi connectivity index (χ2n) is 6.96. The molecule has 0 spiro atoms. The van der Waals surface area contributed by atoms with Gasteiger partial charge in [0.25, 0.3) is 15.8 Å². The Hall–Kier alpha value is -3.18. The highest BCUT2D eigenvalue weighted by Crippen LogP contribution is 2.52. The molecule has 1 heterocycles. The van der Waals surface area contributed by atoms with Crippen LogP contribution >= 0.6 is 0 Å². The first-order valence-corrected chi connectivity index (χ1v) is 10.5. The van der Waals surface area contributed by atoms with Crippen molar-refractivity contribution in [2.24, 2.45) is 0 Å². The number of hydrogen-bond donors (Lipinski definition) is 1. The molecule has 1 fully saturated rings. The van der Waals surface area contributed by atoms with E-state index in [1.54, 1.807) is 18.2 Å². The summed E-state index contributed by atoms with van der Waals surface area (Å²) in [4.78, 5) is 20.8. The number of nitro benzene ring substituents is 1. The molecule has 1 aliphatic carbocycles. The van der Waals surface area contributed by atoms with Crippen molar-refractivity contribution in [3.8, 4) is 11.5 Å². The van der Waals surface area contributed by atoms with Gasteiger partial charge in [-0.15, -0.1) is 0 Å². The monoisotopic (exact) mass is 435 g/mol. The number of aliphatic carboxylic acids is 1. The molecule has 3 unspecified atom stereocenters. The molecule has 2 aromatic carbocycles. The number of para-hydroxylation sites is 1. The van der Waals surface area contributed by atoms with Crippen LogP contribution in [-0.4, -0.2) is 43.2 Å². The van der Waals surface area contributed by atoms with Gasteiger partial charge in [0, 0.05) is 17.7 Å². The quantitative estimate of drug-likeness (QED) is 0.394. The highest BCUT2D eigenvalue weighted by atomic mass is 32.2. The summed E-state index contributed by atoms with van der Waals surface area (Å²) < 4.78 is 42.1. The Labute approximate surface area is 171 Å². The maximum Gasteiger partial charge on any atom is 0.341 e. The Morgan fingerprint density at radius 1 is 1.20 bits per heavy atom. The first kappa shape index (κ1) is 20.1. The smallest absolute Gasteiger partial charge is 0.341 e. The number of ether oxygens (including phenoxy) is 2. The Bertz CT molecular complexity index is 1100. The van der Waals surface area contributed by atoms with Crippen LogP contribution in [0.2, 0.25) is 0 Å². The number of rotatable bonds is 7. The van der Waals surface area contributed by atoms with E-state index in [9.17, 15) is 23.3 Å². The van der Waals surface area contributed by atoms with Crippen molar-refractivity contribution >= 4 is 21.8 Å². The van der Waals surface area contributed by atoms with E-state index in [2.05, 4.69) is 0 Å². The van der Waals surface area contributed by atoms with Gasteiger partial charge in [-0.05, 0) is 31.0 Å². The van der Waals surface area contributed by atoms with Gasteiger partial charge in [-0.2, -0.15) is 8.42 Å². The second-order valence-corrected chi connectivity index (χ2v) is 8.53. The van der Waals surface area contributed by atoms with Crippen LogP contribution in [0.1, 0.15) is 24.3 Å². The van der Waals surface area contributed by atoms with Gasteiger partial charge in [0.05, 0.1) is 21.8 Å². The highest BCUT2D eigenvalue weighted by Gasteiger charge is 2.48. The van der Waals surface area contributed by atoms with Crippen molar-refractivity contribution in [3.05, 3.63) is 58.1 Å². The lowest BCUT2D eigenvalue weighted by molar-refractivity contribution is -0.384. The average Bonchev–Trinajstić information content (AvgIpc) is 3.26. The van der Waals surface area contributed by atoms with Crippen molar-refractivity contribution in [3.63, 3.8) is 0 Å². The summed E-state index contributed by atoms with van der Waals surface area (Å²) in [6.45, 7) is -0.524. The van der Waals surface area contributed by atoms with Crippen LogP contribution in [0.5, 0.6) is 11.5 Å². The first-order chi connectivity index (χ1) is 14.3. The maximum atomic E-state index is 12.7. The van der Waals surface area contributed by atoms with Crippen LogP contribution in [0.15, 0.2) is 47.4 Å². The van der Waals surface area contributed by atoms with Gasteiger partial charge in [-0.1, -0.05) is 12.1 Å². The average molecular weight is 435 g/mol. The molecule has 0 aromatic heterocycles. The molecule has 3 atom stereocenters. The molecule has 11 heteroatoms. The minimum Gasteiger partial charge on any atom is -0.485 e. The van der Waals surface area contributed by atoms with Gasteiger partial charge < -0.3 is 14.6 Å². The molecule has 0 saturated heterocycles. The summed E-state index contributed by atoms with van der Waals surface area (Å²) in [5.41, 5.74) is 0.478. The number of carbonyl (C=O) groups is 1. The van der Waals surface area contributed by atoms with E-state index < -0.39 is 33.7 Å². The number of carboxylic acids is 1. The molecule has 1 aliphatic heterocycles. The first-order valence-electron chi connectivity index (χ1n) is 9.08. The van der Waals surface area contributed by atoms with Crippen LogP contribution < -0.4 is 9.47 Å². The van der Waals surface area contributed by atoms with Gasteiger partial charge in [-0.3, -0.25) is 14.3 Å². The van der Waals surface area contributed by atoms with Crippen molar-refractivity contribution in [1.82, 2.24) is 0 Å². The van der Waals surface area contributed by atoms with E-state index in [0.717, 1.165) is 24.3 Å². The number of benzene rings is 2. The molecule has 4 rings (SSSR count). The number of non-ortho nitro benzene ring substituents is 1. The van der Waals surface area contributed by atoms with Crippen LogP contribution in [-0.2, 0) is 19.1 Å². The Balaban J connectivity index is 1.56. The predicted molar refractivity (Wildman–Crippen MR) is 101 cm³/mol. The lowest BCUT2D eigenvalue weighted by Crippen LogP contribution is -2.24. The van der Waals surface area contributed by atoms with E-state index in [-0.39, 0.29) is 28.4 Å². The summed E-state index contributed by atoms with van der Waals surface area (Å²) in [5, 5.41) is 19.6. The third kappa shape index (κ3) is 3.68. The zero-order chi connectivity index (χ0) is 21.5. The zero-order valence-electron chi connectivity index (χ0n) is 15.5. The van der Waals surface area contributed by atoms with Crippen molar-refractivity contribution in [2.45, 2.75) is 35.9 Å². The standard InChI is InChI=1S/C19H17NO9S/c21-17(22)10-27-16-3-1-2-13-18-14(28-19(13)16)8-9-15(18)29-30(25,26)12-6-4-11(5-7-12)20(23)24/h1-7,14-15,18H,8-10H2,(H,21,22). The Morgan fingerprint density at radius 2 is 1.93 bits per heavy atom. The maximum absolute atomic E-state index is 12.7. The molecular formula is C19H17NO9S. The fourth-order valence-electron chi connectivity index (χ4n) is 3.85. The van der Waals surface area contributed by atoms with Crippen molar-refractivity contribution in [1.29, 1.82) is 0 Å². The van der Waals surface area contributed by atoms with Crippen LogP contribution in [0.3, 0.4) is 0 Å². The summed E-state index contributed by atoms with van der Waals surface area (Å²) >= 11 is 0. The fraction of sp³-hybridized carbons (Fsp3) is 0.316. The summed E-state index contributed by atoms with van der Waals surface area (Å²) in [7, 11) is -4.15. The molecule has 10 nitrogen and oxygen atoms in total. The number of fused-ring (bicyclic) bond motifs is 3. The summed E-state index contributed by atoms with van der Waals surface area (Å²) in [5.74, 6) is -0.807. The van der Waals surface area contributed by atoms with Crippen molar-refractivity contribution < 1.29 is 36.9 Å². The molecule has 30 heavy (non-hydrogen) atoms. The molecule has 0 bridgehead atoms. The molecule has 0 radical (unpaired) electrons. The van der Waals surface area contributed by atoms with Gasteiger partial charge in [0.15, 0.2) is 18.1 Å². The Kier molecular flexibility index (Phi) is 5.08.